The SMILES string of the molecule is CCNS(=O)(=O)c1ccsc1CN. The molecule has 1 heterocycles. The summed E-state index contributed by atoms with van der Waals surface area (Å²) in [4.78, 5) is 1.00. The van der Waals surface area contributed by atoms with Crippen LogP contribution in [0.4, 0.5) is 0 Å². The molecule has 0 atom stereocenters. The second kappa shape index (κ2) is 4.19. The minimum Gasteiger partial charge on any atom is -0.326 e. The van der Waals surface area contributed by atoms with Crippen LogP contribution in [-0.4, -0.2) is 15.0 Å². The van der Waals surface area contributed by atoms with Gasteiger partial charge in [-0.2, -0.15) is 0 Å². The lowest BCUT2D eigenvalue weighted by atomic mass is 10.5. The van der Waals surface area contributed by atoms with E-state index in [1.807, 2.05) is 0 Å². The molecule has 0 saturated carbocycles. The van der Waals surface area contributed by atoms with Gasteiger partial charge >= 0.3 is 0 Å². The highest BCUT2D eigenvalue weighted by Gasteiger charge is 2.17. The maximum absolute atomic E-state index is 11.5. The molecule has 1 rings (SSSR count). The van der Waals surface area contributed by atoms with Crippen molar-refractivity contribution in [2.75, 3.05) is 6.54 Å². The molecule has 0 spiro atoms. The second-order valence-corrected chi connectivity index (χ2v) is 5.15. The van der Waals surface area contributed by atoms with Gasteiger partial charge in [-0.25, -0.2) is 13.1 Å². The average Bonchev–Trinajstić information content (AvgIpc) is 2.51. The summed E-state index contributed by atoms with van der Waals surface area (Å²) in [6.07, 6.45) is 0. The van der Waals surface area contributed by atoms with Crippen molar-refractivity contribution in [1.82, 2.24) is 4.72 Å². The third-order valence-corrected chi connectivity index (χ3v) is 4.22. The van der Waals surface area contributed by atoms with Crippen molar-refractivity contribution in [3.8, 4) is 0 Å². The molecule has 0 saturated heterocycles. The molecule has 0 fully saturated rings. The highest BCUT2D eigenvalue weighted by molar-refractivity contribution is 7.89. The van der Waals surface area contributed by atoms with Crippen molar-refractivity contribution in [3.63, 3.8) is 0 Å². The number of nitrogens with two attached hydrogens (primary N) is 1. The summed E-state index contributed by atoms with van der Waals surface area (Å²) in [6, 6.07) is 1.57. The van der Waals surface area contributed by atoms with Gasteiger partial charge in [0.25, 0.3) is 0 Å². The Kier molecular flexibility index (Phi) is 3.43. The number of rotatable bonds is 4. The standard InChI is InChI=1S/C7H12N2O2S2/c1-2-9-13(10,11)7-3-4-12-6(7)5-8/h3-4,9H,2,5,8H2,1H3. The highest BCUT2D eigenvalue weighted by atomic mass is 32.2. The van der Waals surface area contributed by atoms with Crippen molar-refractivity contribution in [2.24, 2.45) is 5.73 Å². The van der Waals surface area contributed by atoms with Crippen LogP contribution in [0.5, 0.6) is 0 Å². The van der Waals surface area contributed by atoms with Gasteiger partial charge in [0.05, 0.1) is 4.90 Å². The maximum atomic E-state index is 11.5. The van der Waals surface area contributed by atoms with Gasteiger partial charge in [0.2, 0.25) is 10.0 Å². The number of hydrogen-bond donors (Lipinski definition) is 2. The molecule has 4 nitrogen and oxygen atoms in total. The van der Waals surface area contributed by atoms with Crippen molar-refractivity contribution in [3.05, 3.63) is 16.3 Å². The molecule has 74 valence electrons. The molecule has 0 aliphatic heterocycles. The zero-order valence-electron chi connectivity index (χ0n) is 7.28. The number of hydrogen-bond acceptors (Lipinski definition) is 4. The number of nitrogens with one attached hydrogen (secondary N) is 1. The van der Waals surface area contributed by atoms with E-state index in [9.17, 15) is 8.42 Å². The summed E-state index contributed by atoms with van der Waals surface area (Å²) in [6.45, 7) is 2.39. The predicted molar refractivity (Wildman–Crippen MR) is 53.1 cm³/mol. The van der Waals surface area contributed by atoms with Crippen LogP contribution in [0, 0.1) is 0 Å². The van der Waals surface area contributed by atoms with Gasteiger partial charge in [-0.3, -0.25) is 0 Å². The Morgan fingerprint density at radius 2 is 2.31 bits per heavy atom. The fraction of sp³-hybridized carbons (Fsp3) is 0.429. The fourth-order valence-corrected chi connectivity index (χ4v) is 3.36. The van der Waals surface area contributed by atoms with E-state index in [0.29, 0.717) is 16.3 Å². The van der Waals surface area contributed by atoms with Gasteiger partial charge in [0.15, 0.2) is 0 Å². The molecule has 13 heavy (non-hydrogen) atoms. The third kappa shape index (κ3) is 2.28. The summed E-state index contributed by atoms with van der Waals surface area (Å²) in [5.41, 5.74) is 5.41. The van der Waals surface area contributed by atoms with Gasteiger partial charge in [0.1, 0.15) is 0 Å². The van der Waals surface area contributed by atoms with Crippen LogP contribution in [-0.2, 0) is 16.6 Å². The summed E-state index contributed by atoms with van der Waals surface area (Å²) in [5.74, 6) is 0. The molecule has 0 amide bonds. The lowest BCUT2D eigenvalue weighted by Crippen LogP contribution is -2.23. The van der Waals surface area contributed by atoms with Gasteiger partial charge in [-0.05, 0) is 11.4 Å². The molecule has 1 aromatic heterocycles. The van der Waals surface area contributed by atoms with Gasteiger partial charge in [-0.1, -0.05) is 6.92 Å². The van der Waals surface area contributed by atoms with Crippen LogP contribution < -0.4 is 10.5 Å². The molecule has 0 aromatic carbocycles. The minimum absolute atomic E-state index is 0.262. The summed E-state index contributed by atoms with van der Waals surface area (Å²) < 4.78 is 25.4. The predicted octanol–water partition coefficient (Wildman–Crippen LogP) is 0.505. The summed E-state index contributed by atoms with van der Waals surface area (Å²) >= 11 is 1.36. The van der Waals surface area contributed by atoms with Crippen LogP contribution in [0.2, 0.25) is 0 Å². The molecular weight excluding hydrogens is 208 g/mol. The monoisotopic (exact) mass is 220 g/mol. The van der Waals surface area contributed by atoms with Crippen LogP contribution in [0.25, 0.3) is 0 Å². The van der Waals surface area contributed by atoms with Crippen molar-refractivity contribution >= 4 is 21.4 Å². The van der Waals surface area contributed by atoms with Crippen LogP contribution >= 0.6 is 11.3 Å². The van der Waals surface area contributed by atoms with Crippen molar-refractivity contribution < 1.29 is 8.42 Å². The Hall–Kier alpha value is -0.430. The zero-order valence-corrected chi connectivity index (χ0v) is 8.91. The smallest absolute Gasteiger partial charge is 0.241 e. The van der Waals surface area contributed by atoms with Crippen LogP contribution in [0.1, 0.15) is 11.8 Å². The average molecular weight is 220 g/mol. The Bertz CT molecular complexity index is 370. The third-order valence-electron chi connectivity index (χ3n) is 1.51. The second-order valence-electron chi connectivity index (χ2n) is 2.41. The van der Waals surface area contributed by atoms with E-state index in [1.165, 1.54) is 11.3 Å². The molecule has 3 N–H and O–H groups in total. The maximum Gasteiger partial charge on any atom is 0.241 e. The van der Waals surface area contributed by atoms with Crippen molar-refractivity contribution in [2.45, 2.75) is 18.4 Å². The molecule has 0 bridgehead atoms. The van der Waals surface area contributed by atoms with Crippen molar-refractivity contribution in [1.29, 1.82) is 0 Å². The topological polar surface area (TPSA) is 72.2 Å². The molecule has 0 radical (unpaired) electrons. The van der Waals surface area contributed by atoms with Crippen LogP contribution in [0.15, 0.2) is 16.3 Å². The largest absolute Gasteiger partial charge is 0.326 e. The van der Waals surface area contributed by atoms with Gasteiger partial charge < -0.3 is 5.73 Å². The molecular formula is C7H12N2O2S2. The molecule has 0 aliphatic rings. The van der Waals surface area contributed by atoms with E-state index in [1.54, 1.807) is 18.4 Å². The van der Waals surface area contributed by atoms with E-state index in [-0.39, 0.29) is 6.54 Å². The first-order valence-electron chi connectivity index (χ1n) is 3.88. The Morgan fingerprint density at radius 3 is 2.85 bits per heavy atom. The van der Waals surface area contributed by atoms with E-state index >= 15 is 0 Å². The number of sulfonamides is 1. The minimum atomic E-state index is -3.33. The lowest BCUT2D eigenvalue weighted by Gasteiger charge is -2.03. The first kappa shape index (κ1) is 10.6. The zero-order chi connectivity index (χ0) is 9.90. The fourth-order valence-electron chi connectivity index (χ4n) is 0.985. The van der Waals surface area contributed by atoms with E-state index in [2.05, 4.69) is 4.72 Å². The first-order valence-corrected chi connectivity index (χ1v) is 6.24. The summed E-state index contributed by atoms with van der Waals surface area (Å²) in [5, 5.41) is 1.73. The van der Waals surface area contributed by atoms with E-state index in [0.717, 1.165) is 0 Å². The Balaban J connectivity index is 3.07. The Morgan fingerprint density at radius 1 is 1.62 bits per heavy atom. The quantitative estimate of drug-likeness (QED) is 0.776. The first-order chi connectivity index (χ1) is 6.11. The normalized spacial score (nSPS) is 11.8. The van der Waals surface area contributed by atoms with Gasteiger partial charge in [-0.15, -0.1) is 11.3 Å². The van der Waals surface area contributed by atoms with E-state index < -0.39 is 10.0 Å². The van der Waals surface area contributed by atoms with Crippen LogP contribution in [0.3, 0.4) is 0 Å². The molecule has 6 heteroatoms. The molecule has 0 aliphatic carbocycles. The lowest BCUT2D eigenvalue weighted by molar-refractivity contribution is 0.583. The highest BCUT2D eigenvalue weighted by Crippen LogP contribution is 2.20. The summed E-state index contributed by atoms with van der Waals surface area (Å²) in [7, 11) is -3.33. The van der Waals surface area contributed by atoms with E-state index in [4.69, 9.17) is 5.73 Å². The number of thiophene rings is 1. The molecule has 0 unspecified atom stereocenters. The molecule has 1 aromatic rings. The Labute approximate surface area is 81.8 Å². The van der Waals surface area contributed by atoms with Gasteiger partial charge in [0, 0.05) is 18.0 Å².